The lowest BCUT2D eigenvalue weighted by atomic mass is 9.45. The Morgan fingerprint density at radius 1 is 1.04 bits per heavy atom. The number of methoxy groups -OCH3 is 1. The molecule has 5 unspecified atom stereocenters. The lowest BCUT2D eigenvalue weighted by Crippen LogP contribution is -2.81. The summed E-state index contributed by atoms with van der Waals surface area (Å²) in [5.74, 6) is 0.201. The molecule has 6 rings (SSSR count). The molecular formula is C18H26ClO7P-2. The third-order valence-corrected chi connectivity index (χ3v) is 8.94. The molecule has 0 radical (unpaired) electrons. The quantitative estimate of drug-likeness (QED) is 0.390. The summed E-state index contributed by atoms with van der Waals surface area (Å²) in [5, 5.41) is 0. The van der Waals surface area contributed by atoms with Crippen LogP contribution >= 0.6 is 19.4 Å². The first-order chi connectivity index (χ1) is 12.7. The van der Waals surface area contributed by atoms with Gasteiger partial charge in [0.2, 0.25) is 5.79 Å². The Bertz CT molecular complexity index is 648. The highest BCUT2D eigenvalue weighted by atomic mass is 35.5. The van der Waals surface area contributed by atoms with Crippen LogP contribution in [0.3, 0.4) is 0 Å². The molecule has 9 heteroatoms. The molecule has 5 atom stereocenters. The topological polar surface area (TPSA) is 100 Å². The molecule has 1 heterocycles. The van der Waals surface area contributed by atoms with Gasteiger partial charge < -0.3 is 23.6 Å². The summed E-state index contributed by atoms with van der Waals surface area (Å²) in [5.41, 5.74) is -0.526. The highest BCUT2D eigenvalue weighted by molar-refractivity contribution is 7.43. The largest absolute Gasteiger partial charge is 0.790 e. The van der Waals surface area contributed by atoms with Gasteiger partial charge in [0, 0.05) is 17.9 Å². The zero-order valence-corrected chi connectivity index (χ0v) is 17.1. The summed E-state index contributed by atoms with van der Waals surface area (Å²) in [6.45, 7) is 0. The van der Waals surface area contributed by atoms with Crippen molar-refractivity contribution in [3.05, 3.63) is 0 Å². The van der Waals surface area contributed by atoms with Gasteiger partial charge in [0.05, 0.1) is 13.9 Å². The Kier molecular flexibility index (Phi) is 4.38. The van der Waals surface area contributed by atoms with E-state index in [4.69, 9.17) is 30.6 Å². The first-order valence-electron chi connectivity index (χ1n) is 10.0. The minimum Gasteiger partial charge on any atom is -0.790 e. The van der Waals surface area contributed by atoms with Gasteiger partial charge in [-0.1, -0.05) is 6.42 Å². The Morgan fingerprint density at radius 3 is 2.26 bits per heavy atom. The Hall–Kier alpha value is 0.280. The van der Waals surface area contributed by atoms with Gasteiger partial charge in [-0.25, -0.2) is 4.89 Å². The van der Waals surface area contributed by atoms with Crippen molar-refractivity contribution in [2.45, 2.75) is 80.2 Å². The monoisotopic (exact) mass is 420 g/mol. The van der Waals surface area contributed by atoms with Crippen molar-refractivity contribution < 1.29 is 33.4 Å². The Balaban J connectivity index is 1.43. The maximum atomic E-state index is 11.1. The van der Waals surface area contributed by atoms with Gasteiger partial charge >= 0.3 is 0 Å². The Morgan fingerprint density at radius 2 is 1.74 bits per heavy atom. The van der Waals surface area contributed by atoms with E-state index in [0.29, 0.717) is 18.8 Å². The molecule has 27 heavy (non-hydrogen) atoms. The highest BCUT2D eigenvalue weighted by Gasteiger charge is 2.79. The van der Waals surface area contributed by atoms with Crippen molar-refractivity contribution >= 4 is 19.4 Å². The van der Waals surface area contributed by atoms with Gasteiger partial charge in [-0.2, -0.15) is 4.89 Å². The van der Waals surface area contributed by atoms with Crippen LogP contribution in [0.15, 0.2) is 0 Å². The van der Waals surface area contributed by atoms with Crippen molar-refractivity contribution in [3.8, 4) is 0 Å². The molecule has 0 aromatic rings. The first kappa shape index (κ1) is 19.3. The van der Waals surface area contributed by atoms with Gasteiger partial charge in [-0.3, -0.25) is 0 Å². The van der Waals surface area contributed by atoms with E-state index in [-0.39, 0.29) is 22.6 Å². The molecular weight excluding hydrogens is 395 g/mol. The van der Waals surface area contributed by atoms with Crippen LogP contribution in [0.25, 0.3) is 0 Å². The molecule has 1 saturated heterocycles. The molecule has 5 aliphatic carbocycles. The fraction of sp³-hybridized carbons (Fsp3) is 1.00. The van der Waals surface area contributed by atoms with Crippen LogP contribution in [-0.4, -0.2) is 29.5 Å². The molecule has 1 aliphatic heterocycles. The number of phosphoric ester groups is 1. The number of rotatable bonds is 4. The summed E-state index contributed by atoms with van der Waals surface area (Å²) in [6.07, 6.45) is 6.98. The maximum absolute atomic E-state index is 11.1. The van der Waals surface area contributed by atoms with Crippen LogP contribution in [-0.2, 0) is 23.6 Å². The van der Waals surface area contributed by atoms with E-state index in [1.165, 1.54) is 0 Å². The number of hydrogen-bond donors (Lipinski definition) is 0. The number of halogens is 1. The van der Waals surface area contributed by atoms with Gasteiger partial charge in [0.1, 0.15) is 0 Å². The van der Waals surface area contributed by atoms with Gasteiger partial charge in [-0.15, -0.1) is 11.6 Å². The van der Waals surface area contributed by atoms with Crippen molar-refractivity contribution in [1.82, 2.24) is 0 Å². The zero-order valence-electron chi connectivity index (χ0n) is 15.4. The SMILES string of the molecule is COC1(C2CCCC(OP(=O)([O-])[O-])C2)OOC12C1CC3CC2CC(Cl)(C3)C1. The molecule has 6 aliphatic rings. The number of hydrogen-bond acceptors (Lipinski definition) is 7. The van der Waals surface area contributed by atoms with Crippen molar-refractivity contribution in [1.29, 1.82) is 0 Å². The molecule has 0 aromatic carbocycles. The van der Waals surface area contributed by atoms with E-state index in [1.54, 1.807) is 7.11 Å². The summed E-state index contributed by atoms with van der Waals surface area (Å²) in [7, 11) is -3.37. The highest BCUT2D eigenvalue weighted by Crippen LogP contribution is 2.71. The second kappa shape index (κ2) is 6.14. The fourth-order valence-electron chi connectivity index (χ4n) is 7.31. The van der Waals surface area contributed by atoms with Crippen LogP contribution < -0.4 is 9.79 Å². The lowest BCUT2D eigenvalue weighted by molar-refractivity contribution is -0.646. The average molecular weight is 421 g/mol. The van der Waals surface area contributed by atoms with E-state index in [9.17, 15) is 14.4 Å². The normalized spacial score (nSPS) is 54.3. The zero-order chi connectivity index (χ0) is 19.1. The van der Waals surface area contributed by atoms with Crippen LogP contribution in [0.4, 0.5) is 0 Å². The molecule has 1 spiro atoms. The van der Waals surface area contributed by atoms with E-state index in [0.717, 1.165) is 44.9 Å². The second-order valence-corrected chi connectivity index (χ2v) is 11.3. The lowest BCUT2D eigenvalue weighted by Gasteiger charge is -2.71. The first-order valence-corrected chi connectivity index (χ1v) is 11.8. The third kappa shape index (κ3) is 2.73. The van der Waals surface area contributed by atoms with Gasteiger partial charge in [0.15, 0.2) is 5.60 Å². The smallest absolute Gasteiger partial charge is 0.237 e. The number of ether oxygens (including phenoxy) is 1. The molecule has 4 bridgehead atoms. The molecule has 0 amide bonds. The fourth-order valence-corrected chi connectivity index (χ4v) is 8.46. The van der Waals surface area contributed by atoms with E-state index < -0.39 is 25.3 Å². The van der Waals surface area contributed by atoms with Gasteiger partial charge in [0.25, 0.3) is 0 Å². The van der Waals surface area contributed by atoms with Crippen molar-refractivity contribution in [2.75, 3.05) is 7.11 Å². The van der Waals surface area contributed by atoms with Crippen molar-refractivity contribution in [3.63, 3.8) is 0 Å². The average Bonchev–Trinajstić information content (AvgIpc) is 2.52. The molecule has 0 aromatic heterocycles. The second-order valence-electron chi connectivity index (χ2n) is 9.36. The minimum atomic E-state index is -5.01. The third-order valence-electron chi connectivity index (χ3n) is 7.92. The van der Waals surface area contributed by atoms with Crippen LogP contribution in [0.2, 0.25) is 0 Å². The summed E-state index contributed by atoms with van der Waals surface area (Å²) < 4.78 is 21.9. The predicted octanol–water partition coefficient (Wildman–Crippen LogP) is 2.25. The van der Waals surface area contributed by atoms with E-state index >= 15 is 0 Å². The summed E-state index contributed by atoms with van der Waals surface area (Å²) in [6, 6.07) is 0. The summed E-state index contributed by atoms with van der Waals surface area (Å²) >= 11 is 6.90. The number of alkyl halides is 1. The standard InChI is InChI=1S/C18H28ClO7P/c1-23-18(12-3-2-4-15(7-12)24-27(20,21)22)17(25-26-18)13-5-11-6-14(17)10-16(19,8-11)9-13/h11-15H,2-10H2,1H3,(H2,20,21,22)/p-2. The van der Waals surface area contributed by atoms with Crippen LogP contribution in [0.5, 0.6) is 0 Å². The predicted molar refractivity (Wildman–Crippen MR) is 91.2 cm³/mol. The van der Waals surface area contributed by atoms with Crippen LogP contribution in [0, 0.1) is 23.7 Å². The van der Waals surface area contributed by atoms with Crippen molar-refractivity contribution in [2.24, 2.45) is 23.7 Å². The molecule has 154 valence electrons. The minimum absolute atomic E-state index is 0.0784. The molecule has 5 saturated carbocycles. The maximum Gasteiger partial charge on any atom is 0.237 e. The van der Waals surface area contributed by atoms with E-state index in [1.807, 2.05) is 0 Å². The molecule has 6 fully saturated rings. The van der Waals surface area contributed by atoms with Gasteiger partial charge in [-0.05, 0) is 69.1 Å². The summed E-state index contributed by atoms with van der Waals surface area (Å²) in [4.78, 5) is 33.7. The number of phosphoric acid groups is 1. The molecule has 0 N–H and O–H groups in total. The molecule has 7 nitrogen and oxygen atoms in total. The van der Waals surface area contributed by atoms with Crippen LogP contribution in [0.1, 0.15) is 57.8 Å². The Labute approximate surface area is 164 Å². The van der Waals surface area contributed by atoms with E-state index in [2.05, 4.69) is 0 Å².